The molecule has 0 saturated carbocycles. The molecule has 0 unspecified atom stereocenters. The molecule has 3 N–H and O–H groups in total. The fourth-order valence-electron chi connectivity index (χ4n) is 3.25. The van der Waals surface area contributed by atoms with E-state index in [1.54, 1.807) is 6.07 Å². The predicted octanol–water partition coefficient (Wildman–Crippen LogP) is 5.35. The number of sulfonamides is 1. The number of halogens is 1. The molecule has 0 aliphatic rings. The van der Waals surface area contributed by atoms with Crippen LogP contribution in [0, 0.1) is 10.1 Å². The second-order valence-electron chi connectivity index (χ2n) is 7.14. The van der Waals surface area contributed by atoms with Gasteiger partial charge < -0.3 is 5.11 Å². The van der Waals surface area contributed by atoms with Gasteiger partial charge in [0.25, 0.3) is 15.7 Å². The molecule has 0 aliphatic carbocycles. The molecular weight excluding hydrogens is 480 g/mol. The van der Waals surface area contributed by atoms with Gasteiger partial charge in [-0.25, -0.2) is 8.42 Å². The van der Waals surface area contributed by atoms with E-state index in [-0.39, 0.29) is 22.0 Å². The summed E-state index contributed by atoms with van der Waals surface area (Å²) in [4.78, 5) is 10.2. The largest absolute Gasteiger partial charge is 0.507 e. The molecule has 172 valence electrons. The summed E-state index contributed by atoms with van der Waals surface area (Å²) in [6, 6.07) is 19.9. The van der Waals surface area contributed by atoms with Gasteiger partial charge in [0.15, 0.2) is 0 Å². The highest BCUT2D eigenvalue weighted by Crippen LogP contribution is 2.29. The number of aromatic hydroxyl groups is 1. The number of hydrogen-bond donors (Lipinski definition) is 3. The number of hydrogen-bond acceptors (Lipinski definition) is 7. The van der Waals surface area contributed by atoms with E-state index in [1.807, 2.05) is 24.3 Å². The number of nitrogens with zero attached hydrogens (tertiary/aromatic N) is 2. The van der Waals surface area contributed by atoms with Crippen molar-refractivity contribution in [2.45, 2.75) is 4.90 Å². The predicted molar refractivity (Wildman–Crippen MR) is 132 cm³/mol. The van der Waals surface area contributed by atoms with Crippen molar-refractivity contribution in [1.82, 2.24) is 0 Å². The zero-order chi connectivity index (χ0) is 24.3. The van der Waals surface area contributed by atoms with Crippen LogP contribution in [0.4, 0.5) is 17.1 Å². The van der Waals surface area contributed by atoms with Crippen LogP contribution in [0.3, 0.4) is 0 Å². The third-order valence-electron chi connectivity index (χ3n) is 4.89. The lowest BCUT2D eigenvalue weighted by Crippen LogP contribution is -2.15. The van der Waals surface area contributed by atoms with E-state index in [2.05, 4.69) is 15.2 Å². The van der Waals surface area contributed by atoms with E-state index in [0.717, 1.165) is 22.9 Å². The molecule has 34 heavy (non-hydrogen) atoms. The Kier molecular flexibility index (Phi) is 6.35. The third-order valence-corrected chi connectivity index (χ3v) is 6.56. The Balaban J connectivity index is 1.69. The van der Waals surface area contributed by atoms with Crippen molar-refractivity contribution < 1.29 is 18.4 Å². The van der Waals surface area contributed by atoms with Crippen molar-refractivity contribution in [3.63, 3.8) is 0 Å². The highest BCUT2D eigenvalue weighted by Gasteiger charge is 2.23. The summed E-state index contributed by atoms with van der Waals surface area (Å²) in [6.45, 7) is 0. The summed E-state index contributed by atoms with van der Waals surface area (Å²) in [5, 5.41) is 27.6. The van der Waals surface area contributed by atoms with Gasteiger partial charge in [-0.2, -0.15) is 5.10 Å². The molecule has 0 atom stereocenters. The lowest BCUT2D eigenvalue weighted by Gasteiger charge is -2.12. The number of nitro groups is 1. The second kappa shape index (κ2) is 9.38. The summed E-state index contributed by atoms with van der Waals surface area (Å²) in [7, 11) is -4.23. The number of phenolic OH excluding ortho intramolecular Hbond substituents is 1. The summed E-state index contributed by atoms with van der Waals surface area (Å²) < 4.78 is 28.5. The van der Waals surface area contributed by atoms with E-state index in [9.17, 15) is 23.6 Å². The van der Waals surface area contributed by atoms with E-state index < -0.39 is 20.6 Å². The van der Waals surface area contributed by atoms with Crippen molar-refractivity contribution in [3.8, 4) is 5.75 Å². The van der Waals surface area contributed by atoms with E-state index in [1.165, 1.54) is 42.6 Å². The minimum Gasteiger partial charge on any atom is -0.507 e. The Morgan fingerprint density at radius 1 is 1.00 bits per heavy atom. The Morgan fingerprint density at radius 2 is 1.74 bits per heavy atom. The lowest BCUT2D eigenvalue weighted by atomic mass is 10.0. The van der Waals surface area contributed by atoms with E-state index >= 15 is 0 Å². The van der Waals surface area contributed by atoms with Crippen LogP contribution >= 0.6 is 11.6 Å². The highest BCUT2D eigenvalue weighted by atomic mass is 35.5. The van der Waals surface area contributed by atoms with Crippen molar-refractivity contribution in [2.24, 2.45) is 5.10 Å². The van der Waals surface area contributed by atoms with Crippen LogP contribution in [-0.4, -0.2) is 24.7 Å². The van der Waals surface area contributed by atoms with Crippen LogP contribution < -0.4 is 10.1 Å². The van der Waals surface area contributed by atoms with E-state index in [4.69, 9.17) is 11.6 Å². The molecule has 0 fully saturated rings. The fourth-order valence-corrected chi connectivity index (χ4v) is 4.61. The van der Waals surface area contributed by atoms with Gasteiger partial charge in [-0.15, -0.1) is 0 Å². The first kappa shape index (κ1) is 23.0. The van der Waals surface area contributed by atoms with Gasteiger partial charge in [-0.1, -0.05) is 41.9 Å². The maximum Gasteiger partial charge on any atom is 0.270 e. The van der Waals surface area contributed by atoms with Gasteiger partial charge in [-0.3, -0.25) is 20.3 Å². The number of nitrogens with one attached hydrogen (secondary N) is 2. The number of anilines is 2. The first-order chi connectivity index (χ1) is 16.2. The minimum atomic E-state index is -4.23. The number of non-ortho nitro benzene ring substituents is 1. The molecule has 0 aliphatic heterocycles. The summed E-state index contributed by atoms with van der Waals surface area (Å²) in [5.41, 5.74) is 2.87. The minimum absolute atomic E-state index is 0.00281. The highest BCUT2D eigenvalue weighted by molar-refractivity contribution is 7.92. The number of phenols is 1. The number of benzene rings is 4. The summed E-state index contributed by atoms with van der Waals surface area (Å²) in [6.07, 6.45) is 1.35. The smallest absolute Gasteiger partial charge is 0.270 e. The van der Waals surface area contributed by atoms with Crippen molar-refractivity contribution in [1.29, 1.82) is 0 Å². The van der Waals surface area contributed by atoms with Gasteiger partial charge in [0.05, 0.1) is 16.8 Å². The molecule has 0 heterocycles. The molecule has 11 heteroatoms. The zero-order valence-electron chi connectivity index (χ0n) is 17.3. The van der Waals surface area contributed by atoms with Gasteiger partial charge in [0.2, 0.25) is 0 Å². The Morgan fingerprint density at radius 3 is 2.47 bits per heavy atom. The Hall–Kier alpha value is -4.15. The van der Waals surface area contributed by atoms with Crippen LogP contribution in [0.1, 0.15) is 5.56 Å². The maximum atomic E-state index is 13.0. The molecule has 0 saturated heterocycles. The number of rotatable bonds is 7. The molecule has 0 aromatic heterocycles. The average Bonchev–Trinajstić information content (AvgIpc) is 2.82. The van der Waals surface area contributed by atoms with E-state index in [0.29, 0.717) is 10.6 Å². The zero-order valence-corrected chi connectivity index (χ0v) is 18.9. The van der Waals surface area contributed by atoms with Crippen LogP contribution in [-0.2, 0) is 10.0 Å². The third kappa shape index (κ3) is 4.92. The van der Waals surface area contributed by atoms with Crippen LogP contribution in [0.25, 0.3) is 10.8 Å². The average molecular weight is 497 g/mol. The quantitative estimate of drug-likeness (QED) is 0.179. The van der Waals surface area contributed by atoms with Gasteiger partial charge in [0, 0.05) is 28.4 Å². The van der Waals surface area contributed by atoms with Gasteiger partial charge in [0.1, 0.15) is 10.6 Å². The topological polar surface area (TPSA) is 134 Å². The molecule has 4 rings (SSSR count). The number of nitro benzene ring substituents is 1. The molecule has 9 nitrogen and oxygen atoms in total. The first-order valence-electron chi connectivity index (χ1n) is 9.81. The normalized spacial score (nSPS) is 11.6. The molecule has 0 amide bonds. The van der Waals surface area contributed by atoms with Crippen LogP contribution in [0.15, 0.2) is 88.9 Å². The SMILES string of the molecule is O=[N+]([O-])c1ccc(N/N=C/c2c(O)ccc3ccccc23)c(S(=O)(=O)Nc2ccc(Cl)cc2)c1. The lowest BCUT2D eigenvalue weighted by molar-refractivity contribution is -0.385. The Bertz CT molecular complexity index is 1520. The standard InChI is InChI=1S/C23H17ClN4O5S/c24-16-6-8-17(9-7-16)27-34(32,33)23-13-18(28(30)31)10-11-21(23)26-25-14-20-19-4-2-1-3-15(19)5-12-22(20)29/h1-14,26-27,29H/b25-14+. The second-order valence-corrected chi connectivity index (χ2v) is 9.23. The first-order valence-corrected chi connectivity index (χ1v) is 11.7. The Labute approximate surface area is 199 Å². The molecule has 0 bridgehead atoms. The molecule has 0 radical (unpaired) electrons. The van der Waals surface area contributed by atoms with Gasteiger partial charge >= 0.3 is 0 Å². The maximum absolute atomic E-state index is 13.0. The summed E-state index contributed by atoms with van der Waals surface area (Å²) >= 11 is 5.84. The molecule has 4 aromatic rings. The van der Waals surface area contributed by atoms with Crippen molar-refractivity contribution in [2.75, 3.05) is 10.1 Å². The van der Waals surface area contributed by atoms with Crippen LogP contribution in [0.5, 0.6) is 5.75 Å². The molecule has 0 spiro atoms. The fraction of sp³-hybridized carbons (Fsp3) is 0. The number of fused-ring (bicyclic) bond motifs is 1. The van der Waals surface area contributed by atoms with Crippen molar-refractivity contribution >= 4 is 55.7 Å². The molecular formula is C23H17ClN4O5S. The number of hydrazone groups is 1. The molecule has 4 aromatic carbocycles. The van der Waals surface area contributed by atoms with Crippen molar-refractivity contribution in [3.05, 3.63) is 99.6 Å². The van der Waals surface area contributed by atoms with Crippen LogP contribution in [0.2, 0.25) is 5.02 Å². The van der Waals surface area contributed by atoms with Gasteiger partial charge in [-0.05, 0) is 47.2 Å². The monoisotopic (exact) mass is 496 g/mol. The summed E-state index contributed by atoms with van der Waals surface area (Å²) in [5.74, 6) is -0.00907.